The number of nitrogens with zero attached hydrogens (tertiary/aromatic N) is 4. The van der Waals surface area contributed by atoms with Crippen molar-refractivity contribution in [3.05, 3.63) is 82.3 Å². The summed E-state index contributed by atoms with van der Waals surface area (Å²) < 4.78 is 7.08. The van der Waals surface area contributed by atoms with Crippen molar-refractivity contribution in [3.63, 3.8) is 0 Å². The number of rotatable bonds is 6. The standard InChI is InChI=1S/C26H29N5O3/c1-6-34-25(33)23-19(5)30(14-22(32)29-21-12-9-17(3)13-18(21)4)26-27-15-28-31(26)24(23)20-10-7-16(2)8-11-20/h7-13,15,24H,6,14H2,1-5H3,(H,29,32)/t24-/m1/s1. The van der Waals surface area contributed by atoms with Gasteiger partial charge in [-0.3, -0.25) is 4.79 Å². The van der Waals surface area contributed by atoms with Gasteiger partial charge in [0.05, 0.1) is 12.2 Å². The van der Waals surface area contributed by atoms with Gasteiger partial charge >= 0.3 is 5.97 Å². The average molecular weight is 460 g/mol. The summed E-state index contributed by atoms with van der Waals surface area (Å²) in [5, 5.41) is 7.39. The number of anilines is 2. The monoisotopic (exact) mass is 459 g/mol. The number of ether oxygens (including phenoxy) is 1. The predicted molar refractivity (Wildman–Crippen MR) is 131 cm³/mol. The van der Waals surface area contributed by atoms with Crippen LogP contribution in [0.25, 0.3) is 0 Å². The highest BCUT2D eigenvalue weighted by atomic mass is 16.5. The van der Waals surface area contributed by atoms with Crippen molar-refractivity contribution >= 4 is 23.5 Å². The molecule has 2 heterocycles. The minimum absolute atomic E-state index is 0.0264. The number of esters is 1. The maximum absolute atomic E-state index is 13.1. The second-order valence-corrected chi connectivity index (χ2v) is 8.49. The van der Waals surface area contributed by atoms with Crippen LogP contribution in [0.4, 0.5) is 11.6 Å². The fraction of sp³-hybridized carbons (Fsp3) is 0.308. The number of amides is 1. The molecule has 0 unspecified atom stereocenters. The van der Waals surface area contributed by atoms with E-state index in [4.69, 9.17) is 4.74 Å². The summed E-state index contributed by atoms with van der Waals surface area (Å²) in [6, 6.07) is 13.3. The molecule has 8 nitrogen and oxygen atoms in total. The van der Waals surface area contributed by atoms with Gasteiger partial charge in [-0.25, -0.2) is 9.48 Å². The summed E-state index contributed by atoms with van der Waals surface area (Å²) in [5.74, 6) is -0.170. The maximum Gasteiger partial charge on any atom is 0.338 e. The molecule has 4 rings (SSSR count). The van der Waals surface area contributed by atoms with Gasteiger partial charge in [0.2, 0.25) is 11.9 Å². The number of fused-ring (bicyclic) bond motifs is 1. The van der Waals surface area contributed by atoms with Gasteiger partial charge in [-0.15, -0.1) is 0 Å². The molecule has 0 aliphatic carbocycles. The van der Waals surface area contributed by atoms with E-state index in [1.807, 2.05) is 70.2 Å². The first-order valence-corrected chi connectivity index (χ1v) is 11.3. The van der Waals surface area contributed by atoms with E-state index < -0.39 is 12.0 Å². The fourth-order valence-corrected chi connectivity index (χ4v) is 4.24. The molecule has 0 spiro atoms. The van der Waals surface area contributed by atoms with E-state index in [2.05, 4.69) is 15.4 Å². The minimum Gasteiger partial charge on any atom is -0.463 e. The highest BCUT2D eigenvalue weighted by molar-refractivity contribution is 5.97. The highest BCUT2D eigenvalue weighted by Crippen LogP contribution is 2.38. The number of nitrogens with one attached hydrogen (secondary N) is 1. The topological polar surface area (TPSA) is 89.3 Å². The maximum atomic E-state index is 13.1. The Kier molecular flexibility index (Phi) is 6.49. The molecular formula is C26H29N5O3. The molecule has 34 heavy (non-hydrogen) atoms. The quantitative estimate of drug-likeness (QED) is 0.559. The second-order valence-electron chi connectivity index (χ2n) is 8.49. The molecule has 1 atom stereocenters. The summed E-state index contributed by atoms with van der Waals surface area (Å²) in [6.45, 7) is 9.78. The molecule has 1 aliphatic rings. The zero-order valence-corrected chi connectivity index (χ0v) is 20.1. The molecule has 0 radical (unpaired) electrons. The van der Waals surface area contributed by atoms with Crippen molar-refractivity contribution in [3.8, 4) is 0 Å². The molecule has 0 saturated heterocycles. The van der Waals surface area contributed by atoms with Crippen LogP contribution in [0.1, 0.15) is 42.1 Å². The summed E-state index contributed by atoms with van der Waals surface area (Å²) in [5.41, 5.74) is 5.90. The van der Waals surface area contributed by atoms with Gasteiger partial charge in [0, 0.05) is 11.4 Å². The van der Waals surface area contributed by atoms with E-state index in [0.29, 0.717) is 17.2 Å². The van der Waals surface area contributed by atoms with Gasteiger partial charge in [0.15, 0.2) is 0 Å². The first kappa shape index (κ1) is 23.2. The Balaban J connectivity index is 1.72. The zero-order valence-electron chi connectivity index (χ0n) is 20.1. The van der Waals surface area contributed by atoms with Crippen molar-refractivity contribution in [2.45, 2.75) is 40.7 Å². The largest absolute Gasteiger partial charge is 0.463 e. The third kappa shape index (κ3) is 4.44. The molecule has 3 aromatic rings. The third-order valence-electron chi connectivity index (χ3n) is 5.95. The van der Waals surface area contributed by atoms with Crippen LogP contribution >= 0.6 is 0 Å². The van der Waals surface area contributed by atoms with E-state index in [9.17, 15) is 9.59 Å². The van der Waals surface area contributed by atoms with Crippen LogP contribution in [0, 0.1) is 20.8 Å². The average Bonchev–Trinajstić information content (AvgIpc) is 3.27. The molecule has 0 bridgehead atoms. The van der Waals surface area contributed by atoms with Crippen LogP contribution in [-0.2, 0) is 14.3 Å². The molecule has 2 aromatic carbocycles. The van der Waals surface area contributed by atoms with Crippen LogP contribution < -0.4 is 10.2 Å². The molecule has 0 saturated carbocycles. The molecular weight excluding hydrogens is 430 g/mol. The number of benzene rings is 2. The molecule has 0 fully saturated rings. The highest BCUT2D eigenvalue weighted by Gasteiger charge is 2.38. The summed E-state index contributed by atoms with van der Waals surface area (Å²) in [4.78, 5) is 32.3. The van der Waals surface area contributed by atoms with E-state index in [1.165, 1.54) is 6.33 Å². The second kappa shape index (κ2) is 9.51. The van der Waals surface area contributed by atoms with Crippen molar-refractivity contribution in [1.29, 1.82) is 0 Å². The van der Waals surface area contributed by atoms with Crippen LogP contribution in [0.5, 0.6) is 0 Å². The number of hydrogen-bond acceptors (Lipinski definition) is 6. The Labute approximate surface area is 199 Å². The van der Waals surface area contributed by atoms with Crippen LogP contribution in [0.3, 0.4) is 0 Å². The van der Waals surface area contributed by atoms with E-state index in [-0.39, 0.29) is 19.1 Å². The van der Waals surface area contributed by atoms with Gasteiger partial charge in [-0.1, -0.05) is 47.5 Å². The number of carbonyl (C=O) groups is 2. The Hall–Kier alpha value is -3.94. The molecule has 1 N–H and O–H groups in total. The van der Waals surface area contributed by atoms with Crippen molar-refractivity contribution < 1.29 is 14.3 Å². The fourth-order valence-electron chi connectivity index (χ4n) is 4.24. The number of carbonyl (C=O) groups excluding carboxylic acids is 2. The Morgan fingerprint density at radius 2 is 1.74 bits per heavy atom. The van der Waals surface area contributed by atoms with E-state index in [0.717, 1.165) is 27.9 Å². The first-order chi connectivity index (χ1) is 16.3. The molecule has 8 heteroatoms. The van der Waals surface area contributed by atoms with Crippen LogP contribution in [-0.4, -0.2) is 39.8 Å². The Bertz CT molecular complexity index is 1260. The normalized spacial score (nSPS) is 15.2. The lowest BCUT2D eigenvalue weighted by Crippen LogP contribution is -2.41. The van der Waals surface area contributed by atoms with Crippen molar-refractivity contribution in [2.24, 2.45) is 0 Å². The van der Waals surface area contributed by atoms with Gasteiger partial charge < -0.3 is 15.0 Å². The summed E-state index contributed by atoms with van der Waals surface area (Å²) >= 11 is 0. The molecule has 1 aromatic heterocycles. The zero-order chi connectivity index (χ0) is 24.4. The van der Waals surface area contributed by atoms with Gasteiger partial charge in [-0.2, -0.15) is 10.1 Å². The summed E-state index contributed by atoms with van der Waals surface area (Å²) in [7, 11) is 0. The molecule has 176 valence electrons. The summed E-state index contributed by atoms with van der Waals surface area (Å²) in [6.07, 6.45) is 1.44. The van der Waals surface area contributed by atoms with Crippen LogP contribution in [0.2, 0.25) is 0 Å². The van der Waals surface area contributed by atoms with Crippen molar-refractivity contribution in [2.75, 3.05) is 23.4 Å². The number of allylic oxidation sites excluding steroid dienone is 1. The van der Waals surface area contributed by atoms with Crippen LogP contribution in [0.15, 0.2) is 60.1 Å². The smallest absolute Gasteiger partial charge is 0.338 e. The van der Waals surface area contributed by atoms with Gasteiger partial charge in [0.1, 0.15) is 18.9 Å². The number of hydrogen-bond donors (Lipinski definition) is 1. The number of aryl methyl sites for hydroxylation is 3. The van der Waals surface area contributed by atoms with E-state index >= 15 is 0 Å². The lowest BCUT2D eigenvalue weighted by Gasteiger charge is -2.35. The molecule has 1 amide bonds. The Morgan fingerprint density at radius 3 is 2.41 bits per heavy atom. The van der Waals surface area contributed by atoms with Gasteiger partial charge in [0.25, 0.3) is 0 Å². The minimum atomic E-state index is -0.504. The lowest BCUT2D eigenvalue weighted by molar-refractivity contribution is -0.139. The van der Waals surface area contributed by atoms with Crippen molar-refractivity contribution in [1.82, 2.24) is 14.8 Å². The molecule has 1 aliphatic heterocycles. The third-order valence-corrected chi connectivity index (χ3v) is 5.95. The van der Waals surface area contributed by atoms with E-state index in [1.54, 1.807) is 16.5 Å². The first-order valence-electron chi connectivity index (χ1n) is 11.3. The van der Waals surface area contributed by atoms with Gasteiger partial charge in [-0.05, 0) is 51.8 Å². The SMILES string of the molecule is CCOC(=O)C1=C(C)N(CC(=O)Nc2ccc(C)cc2C)c2ncnn2[C@@H]1c1ccc(C)cc1. The Morgan fingerprint density at radius 1 is 1.03 bits per heavy atom. The predicted octanol–water partition coefficient (Wildman–Crippen LogP) is 4.09. The lowest BCUT2D eigenvalue weighted by atomic mass is 9.94. The number of aromatic nitrogens is 3.